The minimum absolute atomic E-state index is 0. The molecule has 0 aliphatic carbocycles. The number of aromatic amines is 1. The van der Waals surface area contributed by atoms with Crippen molar-refractivity contribution in [1.82, 2.24) is 51.9 Å². The van der Waals surface area contributed by atoms with Gasteiger partial charge in [0, 0.05) is 13.2 Å². The van der Waals surface area contributed by atoms with E-state index in [0.29, 0.717) is 12.1 Å². The van der Waals surface area contributed by atoms with Crippen molar-refractivity contribution in [3.63, 3.8) is 0 Å². The second-order valence-corrected chi connectivity index (χ2v) is 4.80. The molecule has 2 aliphatic rings. The summed E-state index contributed by atoms with van der Waals surface area (Å²) in [5.41, 5.74) is 0. The van der Waals surface area contributed by atoms with Gasteiger partial charge in [-0.05, 0) is 38.8 Å². The van der Waals surface area contributed by atoms with Crippen LogP contribution in [0, 0.1) is 0 Å². The molecule has 4 rings (SSSR count). The van der Waals surface area contributed by atoms with Crippen LogP contribution in [0.3, 0.4) is 0 Å². The van der Waals surface area contributed by atoms with Gasteiger partial charge in [0.15, 0.2) is 5.82 Å². The molecule has 0 bridgehead atoms. The number of nitrogens with one attached hydrogen (secondary N) is 3. The van der Waals surface area contributed by atoms with E-state index in [1.165, 1.54) is 12.8 Å². The Labute approximate surface area is 190 Å². The summed E-state index contributed by atoms with van der Waals surface area (Å²) in [6.07, 6.45) is 4.63. The molecule has 12 nitrogen and oxygen atoms in total. The van der Waals surface area contributed by atoms with Crippen LogP contribution in [-0.2, 0) is 0 Å². The van der Waals surface area contributed by atoms with Crippen molar-refractivity contribution in [2.24, 2.45) is 0 Å². The summed E-state index contributed by atoms with van der Waals surface area (Å²) < 4.78 is 0. The Hall–Kier alpha value is -0.0200. The molecule has 2 aromatic rings. The van der Waals surface area contributed by atoms with Gasteiger partial charge >= 0.3 is 59.1 Å². The first-order valence-electron chi connectivity index (χ1n) is 7.27. The van der Waals surface area contributed by atoms with Crippen molar-refractivity contribution in [1.29, 1.82) is 0 Å². The number of hydrogen-bond acceptors (Lipinski definition) is 10. The molecule has 25 heavy (non-hydrogen) atoms. The predicted molar refractivity (Wildman–Crippen MR) is 77.4 cm³/mol. The maximum absolute atomic E-state index is 7.00. The van der Waals surface area contributed by atoms with Gasteiger partial charge in [0.05, 0.1) is 11.9 Å². The number of tetrazole rings is 2. The van der Waals surface area contributed by atoms with Crippen LogP contribution in [0.15, 0.2) is 0 Å². The summed E-state index contributed by atoms with van der Waals surface area (Å²) in [7, 11) is 1.00. The van der Waals surface area contributed by atoms with Crippen molar-refractivity contribution >= 4 is 0 Å². The standard InChI is InChI=1S/C5H9N5.C5H8N5.CH4O.2Na.H2O/c2*1-2-4(6-3-1)5-7-9-10-8-5;1-2;;;/h4,6H,1-3H2,(H,7,8,9,10);4,6H,1-3H2;2H,1H3;;;1H2/q;-1;;2*+1;/p-1/t2*4-;;;;/m11..../s1. The molecule has 0 amide bonds. The van der Waals surface area contributed by atoms with Crippen LogP contribution in [0.4, 0.5) is 0 Å². The fourth-order valence-corrected chi connectivity index (χ4v) is 2.42. The number of rotatable bonds is 2. The van der Waals surface area contributed by atoms with Gasteiger partial charge < -0.3 is 26.3 Å². The fourth-order valence-electron chi connectivity index (χ4n) is 2.42. The molecule has 4 heterocycles. The maximum atomic E-state index is 7.00. The van der Waals surface area contributed by atoms with Crippen LogP contribution in [0.1, 0.15) is 49.4 Å². The first kappa shape index (κ1) is 27.2. The number of aromatic nitrogens is 8. The predicted octanol–water partition coefficient (Wildman–Crippen LogP) is -7.68. The van der Waals surface area contributed by atoms with Crippen molar-refractivity contribution < 1.29 is 69.7 Å². The van der Waals surface area contributed by atoms with Gasteiger partial charge in [-0.3, -0.25) is 10.4 Å². The number of nitrogens with zero attached hydrogens (tertiary/aromatic N) is 7. The topological polar surface area (TPSA) is 182 Å². The van der Waals surface area contributed by atoms with E-state index in [1.807, 2.05) is 0 Å². The molecule has 0 saturated carbocycles. The van der Waals surface area contributed by atoms with E-state index in [0.717, 1.165) is 44.7 Å². The van der Waals surface area contributed by atoms with Crippen LogP contribution < -0.4 is 75.0 Å². The molecule has 130 valence electrons. The average molecular weight is 372 g/mol. The second-order valence-electron chi connectivity index (χ2n) is 4.80. The van der Waals surface area contributed by atoms with Gasteiger partial charge in [0.25, 0.3) is 0 Å². The molecule has 0 radical (unpaired) electrons. The number of hydrogen-bond donors (Lipinski definition) is 4. The molecule has 2 saturated heterocycles. The fraction of sp³-hybridized carbons (Fsp3) is 0.818. The zero-order valence-corrected chi connectivity index (χ0v) is 18.9. The molecule has 2 aromatic heterocycles. The Balaban J connectivity index is 0. The van der Waals surface area contributed by atoms with E-state index < -0.39 is 0 Å². The first-order valence-corrected chi connectivity index (χ1v) is 7.27. The zero-order valence-electron chi connectivity index (χ0n) is 14.9. The summed E-state index contributed by atoms with van der Waals surface area (Å²) in [5.74, 6) is 1.52. The van der Waals surface area contributed by atoms with Crippen LogP contribution >= 0.6 is 0 Å². The number of H-pyrrole nitrogens is 1. The molecular formula is C11H22N10Na2O2. The van der Waals surface area contributed by atoms with E-state index in [9.17, 15) is 0 Å². The minimum Gasteiger partial charge on any atom is -0.870 e. The van der Waals surface area contributed by atoms with E-state index in [4.69, 9.17) is 5.11 Å². The smallest absolute Gasteiger partial charge is 0.870 e. The SMILES string of the molecule is C1CN[C@@H](c2nn[n-]n2)C1.C1CN[C@@H](c2nn[nH]n2)C1.CO.[Na+].[Na+].[OH-]. The van der Waals surface area contributed by atoms with Gasteiger partial charge in [-0.15, -0.1) is 10.2 Å². The largest absolute Gasteiger partial charge is 1.00 e. The van der Waals surface area contributed by atoms with E-state index >= 15 is 0 Å². The van der Waals surface area contributed by atoms with Crippen LogP contribution in [-0.4, -0.2) is 66.8 Å². The van der Waals surface area contributed by atoms with Crippen LogP contribution in [0.5, 0.6) is 0 Å². The first-order chi connectivity index (χ1) is 10.9. The van der Waals surface area contributed by atoms with Gasteiger partial charge in [-0.1, -0.05) is 5.21 Å². The summed E-state index contributed by atoms with van der Waals surface area (Å²) in [5, 5.41) is 41.6. The summed E-state index contributed by atoms with van der Waals surface area (Å²) in [4.78, 5) is 0. The molecule has 0 spiro atoms. The Morgan fingerprint density at radius 1 is 0.960 bits per heavy atom. The average Bonchev–Trinajstić information content (AvgIpc) is 3.40. The van der Waals surface area contributed by atoms with Crippen molar-refractivity contribution in [3.8, 4) is 0 Å². The van der Waals surface area contributed by atoms with E-state index in [-0.39, 0.29) is 64.6 Å². The van der Waals surface area contributed by atoms with Gasteiger partial charge in [-0.25, -0.2) is 5.10 Å². The third-order valence-electron chi connectivity index (χ3n) is 3.44. The Kier molecular flexibility index (Phi) is 17.6. The molecule has 0 aromatic carbocycles. The molecule has 2 atom stereocenters. The number of aliphatic hydroxyl groups excluding tert-OH is 1. The van der Waals surface area contributed by atoms with E-state index in [2.05, 4.69) is 51.9 Å². The second kappa shape index (κ2) is 16.2. The minimum atomic E-state index is 0. The maximum Gasteiger partial charge on any atom is 1.00 e. The molecule has 14 heteroatoms. The van der Waals surface area contributed by atoms with Crippen molar-refractivity contribution in [2.75, 3.05) is 20.2 Å². The molecule has 5 N–H and O–H groups in total. The normalized spacial score (nSPS) is 20.6. The Bertz CT molecular complexity index is 443. The monoisotopic (exact) mass is 372 g/mol. The quantitative estimate of drug-likeness (QED) is 0.367. The van der Waals surface area contributed by atoms with Crippen LogP contribution in [0.25, 0.3) is 0 Å². The van der Waals surface area contributed by atoms with Crippen molar-refractivity contribution in [2.45, 2.75) is 37.8 Å². The van der Waals surface area contributed by atoms with Gasteiger partial charge in [0.1, 0.15) is 0 Å². The third kappa shape index (κ3) is 8.95. The molecular weight excluding hydrogens is 350 g/mol. The summed E-state index contributed by atoms with van der Waals surface area (Å²) in [6.45, 7) is 2.12. The summed E-state index contributed by atoms with van der Waals surface area (Å²) in [6, 6.07) is 0.633. The Morgan fingerprint density at radius 3 is 1.96 bits per heavy atom. The van der Waals surface area contributed by atoms with Gasteiger partial charge in [0.2, 0.25) is 0 Å². The van der Waals surface area contributed by atoms with Crippen molar-refractivity contribution in [3.05, 3.63) is 11.6 Å². The molecule has 0 unspecified atom stereocenters. The molecule has 2 fully saturated rings. The van der Waals surface area contributed by atoms with E-state index in [1.54, 1.807) is 0 Å². The Morgan fingerprint density at radius 2 is 1.56 bits per heavy atom. The number of aliphatic hydroxyl groups is 1. The third-order valence-corrected chi connectivity index (χ3v) is 3.44. The summed E-state index contributed by atoms with van der Waals surface area (Å²) >= 11 is 0. The zero-order chi connectivity index (χ0) is 15.6. The van der Waals surface area contributed by atoms with Crippen LogP contribution in [0.2, 0.25) is 0 Å². The molecule has 2 aliphatic heterocycles. The van der Waals surface area contributed by atoms with Gasteiger partial charge in [-0.2, -0.15) is 5.21 Å².